The molecule has 4 heteroatoms. The molecule has 2 heterocycles. The molecule has 19 heavy (non-hydrogen) atoms. The molecule has 0 amide bonds. The number of likely N-dealkylation sites (tertiary alicyclic amines) is 1. The number of rotatable bonds is 5. The summed E-state index contributed by atoms with van der Waals surface area (Å²) in [6.45, 7) is 3.66. The second-order valence-corrected chi connectivity index (χ2v) is 6.37. The van der Waals surface area contributed by atoms with Crippen LogP contribution >= 0.6 is 11.3 Å². The number of thiophene rings is 1. The molecule has 1 aromatic rings. The van der Waals surface area contributed by atoms with Gasteiger partial charge in [0.15, 0.2) is 5.78 Å². The highest BCUT2D eigenvalue weighted by Gasteiger charge is 2.23. The number of aliphatic hydroxyl groups excluding tert-OH is 1. The van der Waals surface area contributed by atoms with Crippen LogP contribution in [-0.2, 0) is 6.42 Å². The Labute approximate surface area is 119 Å². The third kappa shape index (κ3) is 3.88. The maximum atomic E-state index is 12.3. The van der Waals surface area contributed by atoms with E-state index in [-0.39, 0.29) is 18.4 Å². The van der Waals surface area contributed by atoms with E-state index in [1.165, 1.54) is 11.3 Å². The first kappa shape index (κ1) is 14.7. The lowest BCUT2D eigenvalue weighted by atomic mass is 10.1. The predicted molar refractivity (Wildman–Crippen MR) is 78.9 cm³/mol. The summed E-state index contributed by atoms with van der Waals surface area (Å²) in [5.41, 5.74) is 0. The van der Waals surface area contributed by atoms with Gasteiger partial charge in [-0.15, -0.1) is 11.3 Å². The fraction of sp³-hybridized carbons (Fsp3) is 0.667. The molecule has 3 nitrogen and oxygen atoms in total. The summed E-state index contributed by atoms with van der Waals surface area (Å²) in [6.07, 6.45) is 5.50. The van der Waals surface area contributed by atoms with E-state index in [1.807, 2.05) is 12.1 Å². The Bertz CT molecular complexity index is 416. The Morgan fingerprint density at radius 1 is 1.42 bits per heavy atom. The molecule has 0 aromatic carbocycles. The molecule has 0 aliphatic carbocycles. The highest BCUT2D eigenvalue weighted by Crippen LogP contribution is 2.20. The number of hydrogen-bond donors (Lipinski definition) is 1. The van der Waals surface area contributed by atoms with Crippen LogP contribution in [0.1, 0.15) is 47.2 Å². The minimum atomic E-state index is 0.164. The van der Waals surface area contributed by atoms with Crippen LogP contribution in [0.3, 0.4) is 0 Å². The van der Waals surface area contributed by atoms with Crippen LogP contribution in [0.5, 0.6) is 0 Å². The van der Waals surface area contributed by atoms with E-state index in [0.29, 0.717) is 6.54 Å². The summed E-state index contributed by atoms with van der Waals surface area (Å²) in [4.78, 5) is 16.6. The Kier molecular flexibility index (Phi) is 5.55. The van der Waals surface area contributed by atoms with Crippen LogP contribution in [0.15, 0.2) is 12.1 Å². The number of nitrogens with zero attached hydrogens (tertiary/aromatic N) is 1. The lowest BCUT2D eigenvalue weighted by Gasteiger charge is -2.27. The molecule has 0 spiro atoms. The Balaban J connectivity index is 1.99. The quantitative estimate of drug-likeness (QED) is 0.844. The Morgan fingerprint density at radius 3 is 2.95 bits per heavy atom. The molecule has 1 unspecified atom stereocenters. The topological polar surface area (TPSA) is 40.5 Å². The molecule has 2 rings (SSSR count). The van der Waals surface area contributed by atoms with Gasteiger partial charge in [0.2, 0.25) is 0 Å². The number of hydrogen-bond acceptors (Lipinski definition) is 4. The normalized spacial score (nSPS) is 21.3. The molecule has 106 valence electrons. The number of Topliss-reactive ketones (excluding diaryl/α,β-unsaturated/α-hetero) is 1. The first-order valence-electron chi connectivity index (χ1n) is 7.21. The highest BCUT2D eigenvalue weighted by molar-refractivity contribution is 7.14. The fourth-order valence-corrected chi connectivity index (χ4v) is 3.51. The standard InChI is InChI=1S/C15H23NO2S/c1-2-13-7-8-15(19-13)14(18)10-16-9-5-3-4-6-12(16)11-17/h7-8,12,17H,2-6,9-11H2,1H3. The van der Waals surface area contributed by atoms with E-state index < -0.39 is 0 Å². The van der Waals surface area contributed by atoms with E-state index >= 15 is 0 Å². The molecule has 1 aromatic heterocycles. The smallest absolute Gasteiger partial charge is 0.186 e. The molecular weight excluding hydrogens is 258 g/mol. The second kappa shape index (κ2) is 7.17. The van der Waals surface area contributed by atoms with Crippen LogP contribution in [0.2, 0.25) is 0 Å². The monoisotopic (exact) mass is 281 g/mol. The minimum Gasteiger partial charge on any atom is -0.395 e. The molecule has 1 N–H and O–H groups in total. The van der Waals surface area contributed by atoms with Crippen molar-refractivity contribution in [2.45, 2.75) is 45.1 Å². The SMILES string of the molecule is CCc1ccc(C(=O)CN2CCCCCC2CO)s1. The van der Waals surface area contributed by atoms with Crippen molar-refractivity contribution in [2.24, 2.45) is 0 Å². The number of carbonyl (C=O) groups is 1. The molecule has 0 saturated carbocycles. The van der Waals surface area contributed by atoms with Gasteiger partial charge in [-0.05, 0) is 37.9 Å². The van der Waals surface area contributed by atoms with Gasteiger partial charge >= 0.3 is 0 Å². The summed E-state index contributed by atoms with van der Waals surface area (Å²) < 4.78 is 0. The van der Waals surface area contributed by atoms with Crippen molar-refractivity contribution >= 4 is 17.1 Å². The number of aryl methyl sites for hydroxylation is 1. The number of aliphatic hydroxyl groups is 1. The van der Waals surface area contributed by atoms with Gasteiger partial charge in [0.05, 0.1) is 18.0 Å². The summed E-state index contributed by atoms with van der Waals surface area (Å²) in [5.74, 6) is 0.199. The molecule has 0 radical (unpaired) electrons. The van der Waals surface area contributed by atoms with Crippen molar-refractivity contribution < 1.29 is 9.90 Å². The van der Waals surface area contributed by atoms with Crippen LogP contribution in [0, 0.1) is 0 Å². The van der Waals surface area contributed by atoms with Crippen molar-refractivity contribution in [1.82, 2.24) is 4.90 Å². The van der Waals surface area contributed by atoms with E-state index in [4.69, 9.17) is 0 Å². The first-order valence-corrected chi connectivity index (χ1v) is 8.03. The zero-order valence-electron chi connectivity index (χ0n) is 11.6. The van der Waals surface area contributed by atoms with Crippen molar-refractivity contribution in [1.29, 1.82) is 0 Å². The number of carbonyl (C=O) groups excluding carboxylic acids is 1. The van der Waals surface area contributed by atoms with Gasteiger partial charge < -0.3 is 5.11 Å². The zero-order valence-corrected chi connectivity index (χ0v) is 12.4. The Morgan fingerprint density at radius 2 is 2.26 bits per heavy atom. The van der Waals surface area contributed by atoms with Crippen LogP contribution in [0.4, 0.5) is 0 Å². The van der Waals surface area contributed by atoms with Crippen LogP contribution < -0.4 is 0 Å². The summed E-state index contributed by atoms with van der Waals surface area (Å²) in [7, 11) is 0. The number of ketones is 1. The summed E-state index contributed by atoms with van der Waals surface area (Å²) >= 11 is 1.60. The third-order valence-corrected chi connectivity index (χ3v) is 5.11. The van der Waals surface area contributed by atoms with E-state index in [0.717, 1.165) is 37.1 Å². The highest BCUT2D eigenvalue weighted by atomic mass is 32.1. The molecule has 1 aliphatic heterocycles. The van der Waals surface area contributed by atoms with Crippen LogP contribution in [-0.4, -0.2) is 41.5 Å². The summed E-state index contributed by atoms with van der Waals surface area (Å²) in [5, 5.41) is 9.46. The van der Waals surface area contributed by atoms with Crippen molar-refractivity contribution in [3.8, 4) is 0 Å². The predicted octanol–water partition coefficient (Wildman–Crippen LogP) is 2.73. The van der Waals surface area contributed by atoms with Crippen molar-refractivity contribution in [2.75, 3.05) is 19.7 Å². The molecule has 0 bridgehead atoms. The lowest BCUT2D eigenvalue weighted by Crippen LogP contribution is -2.40. The maximum absolute atomic E-state index is 12.3. The van der Waals surface area contributed by atoms with E-state index in [1.54, 1.807) is 11.3 Å². The molecule has 1 aliphatic rings. The minimum absolute atomic E-state index is 0.164. The average molecular weight is 281 g/mol. The lowest BCUT2D eigenvalue weighted by molar-refractivity contribution is 0.0830. The second-order valence-electron chi connectivity index (χ2n) is 5.20. The zero-order chi connectivity index (χ0) is 13.7. The van der Waals surface area contributed by atoms with Gasteiger partial charge in [-0.25, -0.2) is 0 Å². The van der Waals surface area contributed by atoms with Gasteiger partial charge in [0.25, 0.3) is 0 Å². The van der Waals surface area contributed by atoms with Crippen molar-refractivity contribution in [3.63, 3.8) is 0 Å². The molecule has 1 fully saturated rings. The van der Waals surface area contributed by atoms with Gasteiger partial charge in [-0.3, -0.25) is 9.69 Å². The van der Waals surface area contributed by atoms with Crippen molar-refractivity contribution in [3.05, 3.63) is 21.9 Å². The summed E-state index contributed by atoms with van der Waals surface area (Å²) in [6, 6.07) is 4.15. The van der Waals surface area contributed by atoms with E-state index in [2.05, 4.69) is 11.8 Å². The van der Waals surface area contributed by atoms with Gasteiger partial charge in [0.1, 0.15) is 0 Å². The first-order chi connectivity index (χ1) is 9.24. The van der Waals surface area contributed by atoms with E-state index in [9.17, 15) is 9.90 Å². The fourth-order valence-electron chi connectivity index (χ4n) is 2.63. The largest absolute Gasteiger partial charge is 0.395 e. The average Bonchev–Trinajstić information content (AvgIpc) is 2.80. The Hall–Kier alpha value is -0.710. The van der Waals surface area contributed by atoms with Gasteiger partial charge in [-0.2, -0.15) is 0 Å². The van der Waals surface area contributed by atoms with Crippen LogP contribution in [0.25, 0.3) is 0 Å². The third-order valence-electron chi connectivity index (χ3n) is 3.84. The molecule has 1 saturated heterocycles. The van der Waals surface area contributed by atoms with Gasteiger partial charge in [0, 0.05) is 10.9 Å². The molecular formula is C15H23NO2S. The maximum Gasteiger partial charge on any atom is 0.186 e. The van der Waals surface area contributed by atoms with Gasteiger partial charge in [-0.1, -0.05) is 19.8 Å². The molecule has 1 atom stereocenters.